The zero-order chi connectivity index (χ0) is 11.9. The Bertz CT molecular complexity index is 571. The third kappa shape index (κ3) is 1.66. The Hall–Kier alpha value is -1.51. The second-order valence-electron chi connectivity index (χ2n) is 4.01. The summed E-state index contributed by atoms with van der Waals surface area (Å²) in [5, 5.41) is 8.84. The highest BCUT2D eigenvalue weighted by Crippen LogP contribution is 2.35. The third-order valence-electron chi connectivity index (χ3n) is 2.66. The number of rotatable bonds is 1. The summed E-state index contributed by atoms with van der Waals surface area (Å²) in [6.07, 6.45) is 1.58. The van der Waals surface area contributed by atoms with Crippen molar-refractivity contribution in [3.63, 3.8) is 0 Å². The number of anilines is 1. The van der Waals surface area contributed by atoms with Crippen molar-refractivity contribution in [1.82, 2.24) is 0 Å². The molecule has 1 aliphatic rings. The molecule has 2 N–H and O–H groups in total. The summed E-state index contributed by atoms with van der Waals surface area (Å²) in [5.74, 6) is 3.66. The number of nitrogens with two attached hydrogens (primary N) is 1. The van der Waals surface area contributed by atoms with Crippen LogP contribution in [0.2, 0.25) is 0 Å². The zero-order valence-corrected chi connectivity index (χ0v) is 9.83. The molecule has 0 saturated carbocycles. The lowest BCUT2D eigenvalue weighted by atomic mass is 10.1. The summed E-state index contributed by atoms with van der Waals surface area (Å²) >= 11 is 0. The highest BCUT2D eigenvalue weighted by atomic mass is 32.2. The van der Waals surface area contributed by atoms with Gasteiger partial charge < -0.3 is 5.73 Å². The molecule has 0 fully saturated rings. The largest absolute Gasteiger partial charge is 0.322 e. The van der Waals surface area contributed by atoms with E-state index in [4.69, 9.17) is 11.0 Å². The van der Waals surface area contributed by atoms with Gasteiger partial charge in [0.1, 0.15) is 0 Å². The van der Waals surface area contributed by atoms with Crippen molar-refractivity contribution < 1.29 is 4.21 Å². The minimum atomic E-state index is -2.33. The number of fused-ring (bicyclic) bond motifs is 1. The van der Waals surface area contributed by atoms with Gasteiger partial charge in [-0.1, -0.05) is 6.07 Å². The second-order valence-corrected chi connectivity index (χ2v) is 6.37. The molecule has 5 heteroatoms. The number of benzene rings is 1. The Morgan fingerprint density at radius 1 is 1.69 bits per heavy atom. The highest BCUT2D eigenvalue weighted by molar-refractivity contribution is 8.00. The molecule has 1 unspecified atom stereocenters. The fraction of sp³-hybridized carbons (Fsp3) is 0.273. The van der Waals surface area contributed by atoms with Crippen LogP contribution in [0.25, 0.3) is 0 Å². The highest BCUT2D eigenvalue weighted by Gasteiger charge is 2.29. The van der Waals surface area contributed by atoms with Crippen molar-refractivity contribution in [2.24, 2.45) is 5.73 Å². The molecular formula is C11H13N3OS. The van der Waals surface area contributed by atoms with E-state index in [1.807, 2.05) is 6.07 Å². The van der Waals surface area contributed by atoms with Gasteiger partial charge in [-0.25, -0.2) is 4.21 Å². The molecule has 0 bridgehead atoms. The zero-order valence-electron chi connectivity index (χ0n) is 9.01. The summed E-state index contributed by atoms with van der Waals surface area (Å²) in [7, 11) is -2.33. The molecule has 0 spiro atoms. The van der Waals surface area contributed by atoms with Crippen molar-refractivity contribution in [1.29, 1.82) is 5.26 Å². The van der Waals surface area contributed by atoms with Crippen LogP contribution < -0.4 is 10.0 Å². The SMILES string of the molecule is C=S(C)(=O)N1C[C@H](N)c2ccc(C#N)cc21. The van der Waals surface area contributed by atoms with Gasteiger partial charge in [0.25, 0.3) is 0 Å². The van der Waals surface area contributed by atoms with Crippen LogP contribution in [-0.2, 0) is 9.71 Å². The van der Waals surface area contributed by atoms with Crippen LogP contribution >= 0.6 is 0 Å². The van der Waals surface area contributed by atoms with E-state index in [-0.39, 0.29) is 6.04 Å². The molecule has 1 aromatic rings. The maximum absolute atomic E-state index is 12.0. The Labute approximate surface area is 95.4 Å². The molecule has 4 nitrogen and oxygen atoms in total. The Morgan fingerprint density at radius 2 is 2.38 bits per heavy atom. The normalized spacial score (nSPS) is 22.3. The molecule has 0 saturated heterocycles. The molecule has 0 aliphatic carbocycles. The first-order valence-electron chi connectivity index (χ1n) is 4.83. The molecule has 2 atom stereocenters. The van der Waals surface area contributed by atoms with Crippen LogP contribution in [0.5, 0.6) is 0 Å². The van der Waals surface area contributed by atoms with E-state index in [0.29, 0.717) is 12.1 Å². The molecule has 16 heavy (non-hydrogen) atoms. The quantitative estimate of drug-likeness (QED) is 0.726. The molecule has 2 rings (SSSR count). The molecule has 84 valence electrons. The topological polar surface area (TPSA) is 70.1 Å². The van der Waals surface area contributed by atoms with Crippen LogP contribution in [0.3, 0.4) is 0 Å². The van der Waals surface area contributed by atoms with Gasteiger partial charge in [0.05, 0.1) is 29.9 Å². The van der Waals surface area contributed by atoms with Crippen LogP contribution in [-0.4, -0.2) is 22.9 Å². The predicted molar refractivity (Wildman–Crippen MR) is 66.6 cm³/mol. The van der Waals surface area contributed by atoms with Crippen molar-refractivity contribution >= 4 is 21.3 Å². The van der Waals surface area contributed by atoms with E-state index in [1.165, 1.54) is 0 Å². The number of hydrogen-bond donors (Lipinski definition) is 1. The lowest BCUT2D eigenvalue weighted by molar-refractivity contribution is 0.678. The van der Waals surface area contributed by atoms with Crippen molar-refractivity contribution in [3.8, 4) is 6.07 Å². The fourth-order valence-electron chi connectivity index (χ4n) is 1.88. The van der Waals surface area contributed by atoms with E-state index in [2.05, 4.69) is 11.9 Å². The average molecular weight is 235 g/mol. The van der Waals surface area contributed by atoms with Crippen LogP contribution in [0.15, 0.2) is 18.2 Å². The monoisotopic (exact) mass is 235 g/mol. The standard InChI is InChI=1S/C11H13N3OS/c1-16(2,15)14-7-10(13)9-4-3-8(6-12)5-11(9)14/h3-5,10H,1,7,13H2,2H3/t10-,16?/m0/s1. The fourth-order valence-corrected chi connectivity index (χ4v) is 2.93. The average Bonchev–Trinajstić information content (AvgIpc) is 2.55. The van der Waals surface area contributed by atoms with Crippen molar-refractivity contribution in [3.05, 3.63) is 29.3 Å². The van der Waals surface area contributed by atoms with Gasteiger partial charge in [-0.3, -0.25) is 4.31 Å². The van der Waals surface area contributed by atoms with Crippen molar-refractivity contribution in [2.45, 2.75) is 6.04 Å². The van der Waals surface area contributed by atoms with Crippen LogP contribution in [0.1, 0.15) is 17.2 Å². The first-order valence-corrected chi connectivity index (χ1v) is 6.92. The van der Waals surface area contributed by atoms with Gasteiger partial charge in [-0.15, -0.1) is 0 Å². The molecule has 1 aliphatic heterocycles. The maximum atomic E-state index is 12.0. The smallest absolute Gasteiger partial charge is 0.0992 e. The lowest BCUT2D eigenvalue weighted by Gasteiger charge is -2.20. The predicted octanol–water partition coefficient (Wildman–Crippen LogP) is 0.639. The minimum Gasteiger partial charge on any atom is -0.322 e. The molecule has 0 radical (unpaired) electrons. The molecular weight excluding hydrogens is 222 g/mol. The molecule has 1 aromatic carbocycles. The summed E-state index contributed by atoms with van der Waals surface area (Å²) in [6.45, 7) is 0.489. The number of nitriles is 1. The summed E-state index contributed by atoms with van der Waals surface area (Å²) < 4.78 is 13.7. The van der Waals surface area contributed by atoms with E-state index < -0.39 is 9.71 Å². The Balaban J connectivity index is 2.60. The van der Waals surface area contributed by atoms with Crippen molar-refractivity contribution in [2.75, 3.05) is 17.1 Å². The van der Waals surface area contributed by atoms with E-state index in [9.17, 15) is 4.21 Å². The second kappa shape index (κ2) is 3.51. The van der Waals surface area contributed by atoms with E-state index >= 15 is 0 Å². The summed E-state index contributed by atoms with van der Waals surface area (Å²) in [4.78, 5) is 0. The first-order chi connectivity index (χ1) is 7.43. The Morgan fingerprint density at radius 3 is 2.94 bits per heavy atom. The lowest BCUT2D eigenvalue weighted by Crippen LogP contribution is -2.30. The van der Waals surface area contributed by atoms with Crippen LogP contribution in [0, 0.1) is 11.3 Å². The third-order valence-corrected chi connectivity index (χ3v) is 3.93. The summed E-state index contributed by atoms with van der Waals surface area (Å²) in [5.41, 5.74) is 8.19. The first kappa shape index (κ1) is 11.0. The van der Waals surface area contributed by atoms with Gasteiger partial charge >= 0.3 is 0 Å². The van der Waals surface area contributed by atoms with Gasteiger partial charge in [0.15, 0.2) is 0 Å². The van der Waals surface area contributed by atoms with Crippen LogP contribution in [0.4, 0.5) is 5.69 Å². The number of hydrogen-bond acceptors (Lipinski definition) is 3. The van der Waals surface area contributed by atoms with Gasteiger partial charge in [-0.05, 0) is 23.6 Å². The van der Waals surface area contributed by atoms with E-state index in [1.54, 1.807) is 22.7 Å². The summed E-state index contributed by atoms with van der Waals surface area (Å²) in [6, 6.07) is 7.17. The maximum Gasteiger partial charge on any atom is 0.0992 e. The minimum absolute atomic E-state index is 0.162. The van der Waals surface area contributed by atoms with Gasteiger partial charge in [0.2, 0.25) is 0 Å². The van der Waals surface area contributed by atoms with Gasteiger partial charge in [0, 0.05) is 16.0 Å². The Kier molecular flexibility index (Phi) is 2.41. The molecule has 0 amide bonds. The molecule has 1 heterocycles. The van der Waals surface area contributed by atoms with Gasteiger partial charge in [-0.2, -0.15) is 5.26 Å². The van der Waals surface area contributed by atoms with E-state index in [0.717, 1.165) is 11.3 Å². The molecule has 0 aromatic heterocycles. The number of nitrogens with zero attached hydrogens (tertiary/aromatic N) is 2.